The number of benzene rings is 7. The molecule has 10 rings (SSSR count). The highest BCUT2D eigenvalue weighted by Gasteiger charge is 2.37. The third-order valence-electron chi connectivity index (χ3n) is 11.0. The third-order valence-corrected chi connectivity index (χ3v) is 11.0. The maximum atomic E-state index is 4.97. The number of nitrogens with zero attached hydrogens (tertiary/aromatic N) is 4. The normalized spacial score (nSPS) is 12.7. The average Bonchev–Trinajstić information content (AvgIpc) is 3.49. The van der Waals surface area contributed by atoms with Gasteiger partial charge in [0.2, 0.25) is 0 Å². The molecular formula is C51H36N4. The second kappa shape index (κ2) is 13.1. The molecule has 0 radical (unpaired) electrons. The highest BCUT2D eigenvalue weighted by molar-refractivity contribution is 5.98. The number of hydrogen-bond acceptors (Lipinski definition) is 4. The Balaban J connectivity index is 0.972. The first-order valence-electron chi connectivity index (χ1n) is 18.7. The molecule has 9 aromatic rings. The Labute approximate surface area is 320 Å². The third kappa shape index (κ3) is 5.80. The van der Waals surface area contributed by atoms with E-state index >= 15 is 0 Å². The van der Waals surface area contributed by atoms with Crippen LogP contribution in [0.25, 0.3) is 89.6 Å². The zero-order chi connectivity index (χ0) is 36.9. The highest BCUT2D eigenvalue weighted by Crippen LogP contribution is 2.52. The van der Waals surface area contributed by atoms with Crippen LogP contribution in [0.1, 0.15) is 25.0 Å². The Morgan fingerprint density at radius 3 is 1.62 bits per heavy atom. The van der Waals surface area contributed by atoms with Crippen LogP contribution in [0.5, 0.6) is 0 Å². The van der Waals surface area contributed by atoms with Gasteiger partial charge in [0.15, 0.2) is 17.5 Å². The van der Waals surface area contributed by atoms with E-state index in [4.69, 9.17) is 19.9 Å². The van der Waals surface area contributed by atoms with Crippen LogP contribution in [0.4, 0.5) is 0 Å². The molecule has 0 bridgehead atoms. The summed E-state index contributed by atoms with van der Waals surface area (Å²) in [5.41, 5.74) is 14.7. The molecule has 0 N–H and O–H groups in total. The first-order chi connectivity index (χ1) is 27.0. The Kier molecular flexibility index (Phi) is 7.77. The van der Waals surface area contributed by atoms with Gasteiger partial charge >= 0.3 is 0 Å². The van der Waals surface area contributed by atoms with Gasteiger partial charge in [-0.2, -0.15) is 0 Å². The standard InChI is InChI=1S/C51H36N4/c1-51(2)45-31-40(25-27-43(45)44-28-24-34-12-9-10-19-42(34)47(44)51)39-18-11-17-38(30-39)33-20-22-37(23-21-33)49-53-48(36-15-7-4-8-16-36)54-50(55-49)41-26-29-46(52-32-41)35-13-5-3-6-14-35/h3-32H,1-2H3. The van der Waals surface area contributed by atoms with Gasteiger partial charge in [-0.25, -0.2) is 15.0 Å². The monoisotopic (exact) mass is 704 g/mol. The summed E-state index contributed by atoms with van der Waals surface area (Å²) < 4.78 is 0. The van der Waals surface area contributed by atoms with Crippen molar-refractivity contribution in [2.24, 2.45) is 0 Å². The quantitative estimate of drug-likeness (QED) is 0.173. The van der Waals surface area contributed by atoms with Crippen LogP contribution in [0.3, 0.4) is 0 Å². The minimum absolute atomic E-state index is 0.105. The topological polar surface area (TPSA) is 51.6 Å². The van der Waals surface area contributed by atoms with E-state index in [0.717, 1.165) is 39.1 Å². The summed E-state index contributed by atoms with van der Waals surface area (Å²) in [6, 6.07) is 61.9. The van der Waals surface area contributed by atoms with Gasteiger partial charge in [-0.05, 0) is 79.5 Å². The van der Waals surface area contributed by atoms with Gasteiger partial charge in [0.1, 0.15) is 0 Å². The van der Waals surface area contributed by atoms with Crippen molar-refractivity contribution in [1.82, 2.24) is 19.9 Å². The first-order valence-corrected chi connectivity index (χ1v) is 18.7. The molecule has 0 atom stereocenters. The van der Waals surface area contributed by atoms with Crippen LogP contribution in [0.2, 0.25) is 0 Å². The van der Waals surface area contributed by atoms with E-state index in [1.807, 2.05) is 66.9 Å². The summed E-state index contributed by atoms with van der Waals surface area (Å²) in [5.74, 6) is 1.82. The summed E-state index contributed by atoms with van der Waals surface area (Å²) >= 11 is 0. The second-order valence-electron chi connectivity index (χ2n) is 14.7. The number of pyridine rings is 1. The van der Waals surface area contributed by atoms with Crippen molar-refractivity contribution >= 4 is 10.8 Å². The summed E-state index contributed by atoms with van der Waals surface area (Å²) in [5, 5.41) is 2.63. The minimum Gasteiger partial charge on any atom is -0.255 e. The van der Waals surface area contributed by atoms with E-state index in [1.165, 1.54) is 44.2 Å². The van der Waals surface area contributed by atoms with Crippen molar-refractivity contribution in [1.29, 1.82) is 0 Å². The van der Waals surface area contributed by atoms with E-state index in [1.54, 1.807) is 0 Å². The van der Waals surface area contributed by atoms with Gasteiger partial charge in [-0.3, -0.25) is 4.98 Å². The molecule has 0 amide bonds. The maximum absolute atomic E-state index is 4.97. The molecule has 0 aliphatic heterocycles. The van der Waals surface area contributed by atoms with Gasteiger partial charge in [0, 0.05) is 33.9 Å². The Hall–Kier alpha value is -7.04. The van der Waals surface area contributed by atoms with Crippen molar-refractivity contribution in [2.75, 3.05) is 0 Å². The van der Waals surface area contributed by atoms with Gasteiger partial charge in [0.25, 0.3) is 0 Å². The van der Waals surface area contributed by atoms with Gasteiger partial charge in [-0.1, -0.05) is 166 Å². The Morgan fingerprint density at radius 1 is 0.382 bits per heavy atom. The molecule has 4 nitrogen and oxygen atoms in total. The summed E-state index contributed by atoms with van der Waals surface area (Å²) in [7, 11) is 0. The molecule has 0 unspecified atom stereocenters. The van der Waals surface area contributed by atoms with Crippen LogP contribution < -0.4 is 0 Å². The van der Waals surface area contributed by atoms with Gasteiger partial charge in [-0.15, -0.1) is 0 Å². The molecule has 1 aliphatic rings. The Bertz CT molecular complexity index is 2860. The average molecular weight is 705 g/mol. The van der Waals surface area contributed by atoms with Crippen molar-refractivity contribution in [3.8, 4) is 78.8 Å². The van der Waals surface area contributed by atoms with Gasteiger partial charge < -0.3 is 0 Å². The zero-order valence-corrected chi connectivity index (χ0v) is 30.6. The number of hydrogen-bond donors (Lipinski definition) is 0. The lowest BCUT2D eigenvalue weighted by Gasteiger charge is -2.23. The van der Waals surface area contributed by atoms with E-state index in [2.05, 4.69) is 129 Å². The van der Waals surface area contributed by atoms with Crippen LogP contribution in [0, 0.1) is 0 Å². The summed E-state index contributed by atoms with van der Waals surface area (Å²) in [4.78, 5) is 19.6. The lowest BCUT2D eigenvalue weighted by molar-refractivity contribution is 0.666. The molecule has 0 saturated heterocycles. The molecule has 2 heterocycles. The van der Waals surface area contributed by atoms with E-state index < -0.39 is 0 Å². The fourth-order valence-electron chi connectivity index (χ4n) is 8.13. The second-order valence-corrected chi connectivity index (χ2v) is 14.7. The van der Waals surface area contributed by atoms with Crippen molar-refractivity contribution in [3.63, 3.8) is 0 Å². The fraction of sp³-hybridized carbons (Fsp3) is 0.0588. The molecule has 0 saturated carbocycles. The summed E-state index contributed by atoms with van der Waals surface area (Å²) in [6.07, 6.45) is 1.84. The molecule has 2 aromatic heterocycles. The van der Waals surface area contributed by atoms with E-state index in [9.17, 15) is 0 Å². The number of aromatic nitrogens is 4. The first kappa shape index (κ1) is 32.6. The van der Waals surface area contributed by atoms with E-state index in [0.29, 0.717) is 17.5 Å². The molecule has 55 heavy (non-hydrogen) atoms. The zero-order valence-electron chi connectivity index (χ0n) is 30.6. The fourth-order valence-corrected chi connectivity index (χ4v) is 8.13. The molecular weight excluding hydrogens is 669 g/mol. The Morgan fingerprint density at radius 2 is 0.909 bits per heavy atom. The van der Waals surface area contributed by atoms with Crippen LogP contribution >= 0.6 is 0 Å². The predicted octanol–water partition coefficient (Wildman–Crippen LogP) is 12.7. The predicted molar refractivity (Wildman–Crippen MR) is 225 cm³/mol. The number of fused-ring (bicyclic) bond motifs is 5. The maximum Gasteiger partial charge on any atom is 0.165 e. The molecule has 0 spiro atoms. The molecule has 7 aromatic carbocycles. The van der Waals surface area contributed by atoms with Crippen molar-refractivity contribution in [2.45, 2.75) is 19.3 Å². The lowest BCUT2D eigenvalue weighted by atomic mass is 9.79. The molecule has 1 aliphatic carbocycles. The number of rotatable bonds is 6. The summed E-state index contributed by atoms with van der Waals surface area (Å²) in [6.45, 7) is 4.73. The van der Waals surface area contributed by atoms with E-state index in [-0.39, 0.29) is 5.41 Å². The van der Waals surface area contributed by atoms with Crippen molar-refractivity contribution < 1.29 is 0 Å². The van der Waals surface area contributed by atoms with Crippen LogP contribution in [-0.2, 0) is 5.41 Å². The van der Waals surface area contributed by atoms with Crippen molar-refractivity contribution in [3.05, 3.63) is 193 Å². The van der Waals surface area contributed by atoms with Crippen LogP contribution in [0.15, 0.2) is 182 Å². The molecule has 4 heteroatoms. The van der Waals surface area contributed by atoms with Crippen LogP contribution in [-0.4, -0.2) is 19.9 Å². The smallest absolute Gasteiger partial charge is 0.165 e. The SMILES string of the molecule is CC1(C)c2cc(-c3cccc(-c4ccc(-c5nc(-c6ccccc6)nc(-c6ccc(-c7ccccc7)nc6)n5)cc4)c3)ccc2-c2ccc3ccccc3c21. The molecule has 0 fully saturated rings. The lowest BCUT2D eigenvalue weighted by Crippen LogP contribution is -2.15. The highest BCUT2D eigenvalue weighted by atomic mass is 15.0. The molecule has 260 valence electrons. The van der Waals surface area contributed by atoms with Gasteiger partial charge in [0.05, 0.1) is 5.69 Å². The largest absolute Gasteiger partial charge is 0.255 e. The minimum atomic E-state index is -0.105.